The van der Waals surface area contributed by atoms with Gasteiger partial charge in [-0.25, -0.2) is 13.6 Å². The molecule has 11 amide bonds. The first-order chi connectivity index (χ1) is 40.8. The van der Waals surface area contributed by atoms with E-state index in [0.29, 0.717) is 9.80 Å². The number of likely N-dealkylation sites (N-methyl/N-ethyl adjacent to an activating group) is 7. The smallest absolute Gasteiger partial charge is 0.266 e. The number of rotatable bonds is 16. The van der Waals surface area contributed by atoms with Crippen LogP contribution < -0.4 is 26.4 Å². The van der Waals surface area contributed by atoms with Gasteiger partial charge in [-0.3, -0.25) is 52.7 Å². The second kappa shape index (κ2) is 34.8. The first-order valence-corrected chi connectivity index (χ1v) is 32.8. The van der Waals surface area contributed by atoms with Crippen molar-refractivity contribution < 1.29 is 66.3 Å². The van der Waals surface area contributed by atoms with E-state index in [-0.39, 0.29) is 62.2 Å². The number of carbonyl (C=O) groups excluding carboxylic acids is 11. The molecule has 12 atom stereocenters. The number of aliphatic hydroxyl groups excluding tert-OH is 1. The molecule has 1 aliphatic heterocycles. The Hall–Kier alpha value is -6.22. The van der Waals surface area contributed by atoms with Crippen molar-refractivity contribution in [2.75, 3.05) is 55.9 Å². The molecule has 7 N–H and O–H groups in total. The summed E-state index contributed by atoms with van der Waals surface area (Å²) in [6, 6.07) is -12.4. The first kappa shape index (κ1) is 80.8. The average Bonchev–Trinajstić information content (AvgIpc) is 1.34. The third-order valence-corrected chi connectivity index (χ3v) is 18.5. The van der Waals surface area contributed by atoms with Crippen molar-refractivity contribution in [3.8, 4) is 0 Å². The molecule has 27 heteroatoms. The fraction of sp³-hybridized carbons (Fsp3) is 0.790. The monoisotopic (exact) mass is 1280 g/mol. The summed E-state index contributed by atoms with van der Waals surface area (Å²) >= 11 is 0. The Morgan fingerprint density at radius 1 is 0.551 bits per heavy atom. The van der Waals surface area contributed by atoms with Crippen LogP contribution in [0.25, 0.3) is 0 Å². The zero-order valence-corrected chi connectivity index (χ0v) is 58.6. The minimum Gasteiger partial charge on any atom is -0.390 e. The van der Waals surface area contributed by atoms with Gasteiger partial charge in [-0.15, -0.1) is 0 Å². The standard InChI is InChI=1S/C62H112N12O14S/c1-25-27-28-40(15)51(76)50-55(80)66-43(26-2)57(82)68(18)33-48(75)69(19)44(29-34(3)4)54(79)67-49(38(11)12)60(85)70(20)45(30-35(5)6)53(78)64-41(16)52(77)65-42(17)56(81)71(21)46(31-36(7)8)58(83)72(22)47(32-37(9)10)59(84)74(24)62(39(13)14,89(63,87)88)61(86)73(50)23/h25,27,34-47,49-51,76H,26,28-33H2,1-24H3,(H,64,78)(H,65,77)(H,66,80)(H,67,79)(H2,63,87,88)/b27-25+/t40-,41+,42-,43+,44+,45+,46+,47+,49+,50+,51-,62+/m1/s1. The van der Waals surface area contributed by atoms with Crippen LogP contribution in [0, 0.1) is 41.4 Å². The molecule has 0 aromatic carbocycles. The number of nitrogens with two attached hydrogens (primary N) is 1. The number of aliphatic hydroxyl groups is 1. The van der Waals surface area contributed by atoms with Crippen LogP contribution in [-0.4, -0.2) is 234 Å². The van der Waals surface area contributed by atoms with E-state index in [0.717, 1.165) is 33.7 Å². The Morgan fingerprint density at radius 2 is 0.978 bits per heavy atom. The normalized spacial score (nSPS) is 27.3. The molecule has 0 aliphatic carbocycles. The second-order valence-electron chi connectivity index (χ2n) is 26.7. The third-order valence-electron chi connectivity index (χ3n) is 16.8. The van der Waals surface area contributed by atoms with E-state index in [4.69, 9.17) is 5.14 Å². The van der Waals surface area contributed by atoms with Crippen LogP contribution in [0.1, 0.15) is 156 Å². The van der Waals surface area contributed by atoms with Crippen LogP contribution in [0.2, 0.25) is 0 Å². The van der Waals surface area contributed by atoms with Crippen molar-refractivity contribution in [2.24, 2.45) is 46.6 Å². The van der Waals surface area contributed by atoms with Gasteiger partial charge in [0.2, 0.25) is 74.0 Å². The first-order valence-electron chi connectivity index (χ1n) is 31.2. The Kier molecular flexibility index (Phi) is 31.6. The molecule has 0 saturated carbocycles. The fourth-order valence-electron chi connectivity index (χ4n) is 11.3. The molecule has 510 valence electrons. The Balaban J connectivity index is 4.54. The van der Waals surface area contributed by atoms with Gasteiger partial charge in [0.15, 0.2) is 0 Å². The van der Waals surface area contributed by atoms with E-state index >= 15 is 14.4 Å². The number of nitrogens with one attached hydrogen (secondary N) is 4. The van der Waals surface area contributed by atoms with Gasteiger partial charge in [0, 0.05) is 55.3 Å². The zero-order valence-electron chi connectivity index (χ0n) is 57.8. The van der Waals surface area contributed by atoms with Gasteiger partial charge in [-0.1, -0.05) is 109 Å². The van der Waals surface area contributed by atoms with Crippen LogP contribution in [0.3, 0.4) is 0 Å². The Labute approximate surface area is 530 Å². The molecule has 89 heavy (non-hydrogen) atoms. The molecule has 1 rings (SSSR count). The topological polar surface area (TPSA) is 339 Å². The molecule has 1 aliphatic rings. The summed E-state index contributed by atoms with van der Waals surface area (Å²) in [6.45, 7) is 27.5. The molecule has 0 aromatic heterocycles. The van der Waals surface area contributed by atoms with Crippen LogP contribution in [-0.2, 0) is 62.8 Å². The van der Waals surface area contributed by atoms with E-state index in [1.54, 1.807) is 74.5 Å². The van der Waals surface area contributed by atoms with Gasteiger partial charge in [-0.2, -0.15) is 0 Å². The number of hydrogen-bond donors (Lipinski definition) is 6. The van der Waals surface area contributed by atoms with Crippen LogP contribution in [0.5, 0.6) is 0 Å². The van der Waals surface area contributed by atoms with Crippen LogP contribution in [0.15, 0.2) is 12.2 Å². The lowest BCUT2D eigenvalue weighted by atomic mass is 9.91. The molecule has 1 saturated heterocycles. The SMILES string of the molecule is C/C=C/C[C@@H](C)[C@@H](O)[C@H]1C(=O)N[C@@H](CC)C(=O)N(C)CC(=O)N(C)[C@@H](CC(C)C)C(=O)N[C@@H](C(C)C)C(=O)N(C)[C@@H](CC(C)C)C(=O)N[C@@H](C)C(=O)N[C@H](C)C(=O)N(C)[C@@H](CC(C)C)C(=O)N(C)[C@@H](CC(C)C)C(=O)N(C)[C@@](C(C)C)(S(N)(=O)=O)C(=O)N1C. The van der Waals surface area contributed by atoms with E-state index in [1.807, 2.05) is 27.7 Å². The average molecular weight is 1280 g/mol. The maximum atomic E-state index is 15.6. The maximum Gasteiger partial charge on any atom is 0.266 e. The van der Waals surface area contributed by atoms with Gasteiger partial charge in [0.05, 0.1) is 12.6 Å². The lowest BCUT2D eigenvalue weighted by Gasteiger charge is -2.47. The van der Waals surface area contributed by atoms with Crippen molar-refractivity contribution in [2.45, 2.75) is 222 Å². The second-order valence-corrected chi connectivity index (χ2v) is 28.4. The summed E-state index contributed by atoms with van der Waals surface area (Å²) < 4.78 is 29.0. The highest BCUT2D eigenvalue weighted by Gasteiger charge is 2.61. The quantitative estimate of drug-likeness (QED) is 0.120. The molecular formula is C62H112N12O14S. The molecular weight excluding hydrogens is 1170 g/mol. The summed E-state index contributed by atoms with van der Waals surface area (Å²) in [6.07, 6.45) is 1.83. The molecule has 0 radical (unpaired) electrons. The molecule has 1 heterocycles. The van der Waals surface area contributed by atoms with E-state index in [9.17, 15) is 51.9 Å². The van der Waals surface area contributed by atoms with Crippen molar-refractivity contribution in [3.63, 3.8) is 0 Å². The molecule has 1 fully saturated rings. The van der Waals surface area contributed by atoms with E-state index < -0.39 is 165 Å². The van der Waals surface area contributed by atoms with E-state index in [2.05, 4.69) is 21.3 Å². The highest BCUT2D eigenvalue weighted by molar-refractivity contribution is 7.91. The highest BCUT2D eigenvalue weighted by atomic mass is 32.2. The lowest BCUT2D eigenvalue weighted by Crippen LogP contribution is -2.72. The Morgan fingerprint density at radius 3 is 1.42 bits per heavy atom. The van der Waals surface area contributed by atoms with Crippen molar-refractivity contribution in [1.29, 1.82) is 0 Å². The summed E-state index contributed by atoms with van der Waals surface area (Å²) in [7, 11) is 3.52. The maximum absolute atomic E-state index is 15.6. The molecule has 0 unspecified atom stereocenters. The van der Waals surface area contributed by atoms with Crippen LogP contribution in [0.4, 0.5) is 0 Å². The molecule has 0 spiro atoms. The summed E-state index contributed by atoms with van der Waals surface area (Å²) in [5.41, 5.74) is 0. The van der Waals surface area contributed by atoms with Gasteiger partial charge in [0.25, 0.3) is 5.91 Å². The fourth-order valence-corrected chi connectivity index (χ4v) is 12.8. The van der Waals surface area contributed by atoms with Gasteiger partial charge >= 0.3 is 0 Å². The van der Waals surface area contributed by atoms with Gasteiger partial charge in [-0.05, 0) is 94.8 Å². The predicted molar refractivity (Wildman–Crippen MR) is 340 cm³/mol. The number of allylic oxidation sites excluding steroid dienone is 2. The highest BCUT2D eigenvalue weighted by Crippen LogP contribution is 2.35. The number of primary sulfonamides is 1. The minimum absolute atomic E-state index is 0.0326. The molecule has 0 aromatic rings. The lowest BCUT2D eigenvalue weighted by molar-refractivity contribution is -0.159. The van der Waals surface area contributed by atoms with Crippen molar-refractivity contribution in [3.05, 3.63) is 12.2 Å². The molecule has 26 nitrogen and oxygen atoms in total. The summed E-state index contributed by atoms with van der Waals surface area (Å²) in [4.78, 5) is 165. The summed E-state index contributed by atoms with van der Waals surface area (Å²) in [5, 5.41) is 29.1. The largest absolute Gasteiger partial charge is 0.390 e. The van der Waals surface area contributed by atoms with Gasteiger partial charge in [0.1, 0.15) is 54.4 Å². The predicted octanol–water partition coefficient (Wildman–Crippen LogP) is 1.89. The number of amides is 11. The van der Waals surface area contributed by atoms with Gasteiger partial charge < -0.3 is 60.7 Å². The zero-order chi connectivity index (χ0) is 69.4. The summed E-state index contributed by atoms with van der Waals surface area (Å²) in [5.74, 6) is -13.2. The molecule has 0 bridgehead atoms. The van der Waals surface area contributed by atoms with Crippen LogP contribution >= 0.6 is 0 Å². The number of hydrogen-bond acceptors (Lipinski definition) is 14. The number of sulfonamides is 1. The number of nitrogens with zero attached hydrogens (tertiary/aromatic N) is 7. The van der Waals surface area contributed by atoms with Crippen molar-refractivity contribution in [1.82, 2.24) is 55.6 Å². The van der Waals surface area contributed by atoms with Crippen molar-refractivity contribution >= 4 is 75.0 Å². The Bertz CT molecular complexity index is 2630. The number of carbonyl (C=O) groups is 11. The minimum atomic E-state index is -5.31. The van der Waals surface area contributed by atoms with E-state index in [1.165, 1.54) is 67.8 Å². The third kappa shape index (κ3) is 20.6.